The number of amides is 2. The highest BCUT2D eigenvalue weighted by Gasteiger charge is 2.35. The summed E-state index contributed by atoms with van der Waals surface area (Å²) in [6.45, 7) is 1.84. The van der Waals surface area contributed by atoms with Crippen molar-refractivity contribution >= 4 is 23.3 Å². The second kappa shape index (κ2) is 8.28. The third-order valence-corrected chi connectivity index (χ3v) is 4.78. The Morgan fingerprint density at radius 1 is 1.10 bits per heavy atom. The van der Waals surface area contributed by atoms with E-state index in [1.807, 2.05) is 6.92 Å². The monoisotopic (exact) mass is 408 g/mol. The lowest BCUT2D eigenvalue weighted by Crippen LogP contribution is -2.49. The molecule has 1 N–H and O–H groups in total. The Hall–Kier alpha value is -3.81. The first kappa shape index (κ1) is 19.5. The number of nitrogens with one attached hydrogen (secondary N) is 1. The van der Waals surface area contributed by atoms with E-state index in [-0.39, 0.29) is 36.4 Å². The van der Waals surface area contributed by atoms with Crippen LogP contribution in [0.1, 0.15) is 35.2 Å². The number of hydrogen-bond acceptors (Lipinski definition) is 6. The molecule has 1 aliphatic heterocycles. The van der Waals surface area contributed by atoms with E-state index in [9.17, 15) is 14.4 Å². The van der Waals surface area contributed by atoms with Crippen LogP contribution in [-0.2, 0) is 16.1 Å². The van der Waals surface area contributed by atoms with Gasteiger partial charge in [-0.15, -0.1) is 0 Å². The number of carbonyl (C=O) groups excluding carboxylic acids is 3. The first-order valence-corrected chi connectivity index (χ1v) is 9.56. The summed E-state index contributed by atoms with van der Waals surface area (Å²) >= 11 is 0. The third kappa shape index (κ3) is 3.84. The molecule has 1 atom stereocenters. The fourth-order valence-corrected chi connectivity index (χ4v) is 3.23. The van der Waals surface area contributed by atoms with Gasteiger partial charge in [-0.05, 0) is 48.9 Å². The van der Waals surface area contributed by atoms with Crippen molar-refractivity contribution in [1.82, 2.24) is 5.32 Å². The lowest BCUT2D eigenvalue weighted by Gasteiger charge is -2.33. The Bertz CT molecular complexity index is 1060. The molecule has 0 radical (unpaired) electrons. The van der Waals surface area contributed by atoms with Crippen molar-refractivity contribution in [2.24, 2.45) is 0 Å². The molecule has 0 saturated carbocycles. The topological polar surface area (TPSA) is 102 Å². The van der Waals surface area contributed by atoms with E-state index in [4.69, 9.17) is 13.6 Å². The third-order valence-electron chi connectivity index (χ3n) is 4.78. The van der Waals surface area contributed by atoms with Crippen molar-refractivity contribution in [3.8, 4) is 5.75 Å². The fraction of sp³-hybridized carbons (Fsp3) is 0.227. The van der Waals surface area contributed by atoms with E-state index in [2.05, 4.69) is 5.32 Å². The number of ketones is 1. The van der Waals surface area contributed by atoms with Crippen LogP contribution in [0.4, 0.5) is 5.69 Å². The van der Waals surface area contributed by atoms with Crippen LogP contribution in [-0.4, -0.2) is 30.2 Å². The predicted molar refractivity (Wildman–Crippen MR) is 106 cm³/mol. The summed E-state index contributed by atoms with van der Waals surface area (Å²) < 4.78 is 16.2. The van der Waals surface area contributed by atoms with Crippen molar-refractivity contribution in [3.63, 3.8) is 0 Å². The van der Waals surface area contributed by atoms with Crippen LogP contribution in [0, 0.1) is 0 Å². The molecule has 0 aliphatic carbocycles. The predicted octanol–water partition coefficient (Wildman–Crippen LogP) is 2.92. The standard InChI is InChI=1S/C22H20N2O6/c1-2-17-22(27)24(13-20(25)23-12-15-5-3-9-28-15)16-11-14(7-8-18(16)30-17)21(26)19-6-4-10-29-19/h3-11,17H,2,12-13H2,1H3,(H,23,25)/t17-/m1/s1. The van der Waals surface area contributed by atoms with E-state index < -0.39 is 6.10 Å². The van der Waals surface area contributed by atoms with Crippen molar-refractivity contribution < 1.29 is 28.0 Å². The number of hydrogen-bond donors (Lipinski definition) is 1. The number of benzene rings is 1. The summed E-state index contributed by atoms with van der Waals surface area (Å²) in [4.78, 5) is 39.4. The molecule has 1 aromatic carbocycles. The largest absolute Gasteiger partial charge is 0.478 e. The average Bonchev–Trinajstić information content (AvgIpc) is 3.47. The van der Waals surface area contributed by atoms with Gasteiger partial charge in [-0.2, -0.15) is 0 Å². The average molecular weight is 408 g/mol. The first-order valence-electron chi connectivity index (χ1n) is 9.56. The SMILES string of the molecule is CC[C@H]1Oc2ccc(C(=O)c3ccco3)cc2N(CC(=O)NCc2ccco2)C1=O. The van der Waals surface area contributed by atoms with Gasteiger partial charge < -0.3 is 18.9 Å². The lowest BCUT2D eigenvalue weighted by atomic mass is 10.0. The molecule has 3 heterocycles. The van der Waals surface area contributed by atoms with Gasteiger partial charge in [0.2, 0.25) is 11.7 Å². The lowest BCUT2D eigenvalue weighted by molar-refractivity contribution is -0.129. The molecule has 2 aromatic heterocycles. The van der Waals surface area contributed by atoms with Crippen LogP contribution in [0.15, 0.2) is 63.8 Å². The molecule has 30 heavy (non-hydrogen) atoms. The van der Waals surface area contributed by atoms with Crippen molar-refractivity contribution in [1.29, 1.82) is 0 Å². The minimum absolute atomic E-state index is 0.187. The van der Waals surface area contributed by atoms with Gasteiger partial charge in [0.05, 0.1) is 24.8 Å². The van der Waals surface area contributed by atoms with E-state index >= 15 is 0 Å². The van der Waals surface area contributed by atoms with Crippen LogP contribution in [0.25, 0.3) is 0 Å². The number of rotatable bonds is 7. The van der Waals surface area contributed by atoms with Gasteiger partial charge in [-0.1, -0.05) is 6.92 Å². The maximum Gasteiger partial charge on any atom is 0.268 e. The molecule has 2 amide bonds. The highest BCUT2D eigenvalue weighted by atomic mass is 16.5. The molecule has 0 bridgehead atoms. The number of furan rings is 2. The Morgan fingerprint density at radius 3 is 2.60 bits per heavy atom. The van der Waals surface area contributed by atoms with E-state index in [1.54, 1.807) is 42.5 Å². The molecular formula is C22H20N2O6. The van der Waals surface area contributed by atoms with Crippen LogP contribution < -0.4 is 15.0 Å². The zero-order valence-electron chi connectivity index (χ0n) is 16.3. The number of fused-ring (bicyclic) bond motifs is 1. The van der Waals surface area contributed by atoms with Gasteiger partial charge >= 0.3 is 0 Å². The van der Waals surface area contributed by atoms with Gasteiger partial charge in [0.25, 0.3) is 5.91 Å². The Labute approximate surface area is 172 Å². The molecule has 154 valence electrons. The summed E-state index contributed by atoms with van der Waals surface area (Å²) in [5.74, 6) is 0.222. The Morgan fingerprint density at radius 2 is 1.90 bits per heavy atom. The Kier molecular flexibility index (Phi) is 5.38. The molecule has 8 heteroatoms. The Balaban J connectivity index is 1.59. The van der Waals surface area contributed by atoms with Gasteiger partial charge in [0.1, 0.15) is 18.1 Å². The zero-order valence-corrected chi connectivity index (χ0v) is 16.3. The van der Waals surface area contributed by atoms with Gasteiger partial charge in [-0.3, -0.25) is 19.3 Å². The minimum atomic E-state index is -0.693. The summed E-state index contributed by atoms with van der Waals surface area (Å²) in [6.07, 6.45) is 2.70. The van der Waals surface area contributed by atoms with Gasteiger partial charge in [0, 0.05) is 5.56 Å². The van der Waals surface area contributed by atoms with Crippen LogP contribution in [0.5, 0.6) is 5.75 Å². The number of carbonyl (C=O) groups is 3. The molecule has 1 aliphatic rings. The van der Waals surface area contributed by atoms with Gasteiger partial charge in [-0.25, -0.2) is 0 Å². The molecule has 0 saturated heterocycles. The van der Waals surface area contributed by atoms with Crippen LogP contribution >= 0.6 is 0 Å². The minimum Gasteiger partial charge on any atom is -0.478 e. The first-order chi connectivity index (χ1) is 14.6. The summed E-state index contributed by atoms with van der Waals surface area (Å²) in [5, 5.41) is 2.73. The summed E-state index contributed by atoms with van der Waals surface area (Å²) in [6, 6.07) is 11.5. The summed E-state index contributed by atoms with van der Waals surface area (Å²) in [5.41, 5.74) is 0.700. The fourth-order valence-electron chi connectivity index (χ4n) is 3.23. The van der Waals surface area contributed by atoms with E-state index in [0.717, 1.165) is 0 Å². The molecule has 0 spiro atoms. The highest BCUT2D eigenvalue weighted by molar-refractivity contribution is 6.10. The zero-order chi connectivity index (χ0) is 21.1. The van der Waals surface area contributed by atoms with E-state index in [1.165, 1.54) is 17.4 Å². The second-order valence-electron chi connectivity index (χ2n) is 6.78. The number of nitrogens with zero attached hydrogens (tertiary/aromatic N) is 1. The van der Waals surface area contributed by atoms with Crippen molar-refractivity contribution in [3.05, 3.63) is 72.1 Å². The van der Waals surface area contributed by atoms with Crippen LogP contribution in [0.2, 0.25) is 0 Å². The molecule has 4 rings (SSSR count). The number of anilines is 1. The highest BCUT2D eigenvalue weighted by Crippen LogP contribution is 2.36. The van der Waals surface area contributed by atoms with E-state index in [0.29, 0.717) is 29.2 Å². The van der Waals surface area contributed by atoms with Gasteiger partial charge in [0.15, 0.2) is 11.9 Å². The van der Waals surface area contributed by atoms with Crippen molar-refractivity contribution in [2.75, 3.05) is 11.4 Å². The normalized spacial score (nSPS) is 15.4. The van der Waals surface area contributed by atoms with Crippen molar-refractivity contribution in [2.45, 2.75) is 26.0 Å². The molecule has 0 unspecified atom stereocenters. The summed E-state index contributed by atoms with van der Waals surface area (Å²) in [7, 11) is 0. The maximum atomic E-state index is 12.9. The maximum absolute atomic E-state index is 12.9. The number of ether oxygens (including phenoxy) is 1. The molecule has 0 fully saturated rings. The molecule has 3 aromatic rings. The molecular weight excluding hydrogens is 388 g/mol. The van der Waals surface area contributed by atoms with Crippen LogP contribution in [0.3, 0.4) is 0 Å². The smallest absolute Gasteiger partial charge is 0.268 e. The molecule has 8 nitrogen and oxygen atoms in total. The second-order valence-corrected chi connectivity index (χ2v) is 6.78. The quantitative estimate of drug-likeness (QED) is 0.603.